The molecule has 0 saturated heterocycles. The van der Waals surface area contributed by atoms with E-state index in [1.165, 1.54) is 27.8 Å². The van der Waals surface area contributed by atoms with E-state index in [-0.39, 0.29) is 6.04 Å². The molecule has 0 spiro atoms. The zero-order chi connectivity index (χ0) is 15.6. The molecule has 0 amide bonds. The zero-order valence-corrected chi connectivity index (χ0v) is 14.8. The molecule has 0 aliphatic rings. The fourth-order valence-electron chi connectivity index (χ4n) is 2.80. The molecule has 2 rings (SSSR count). The molecule has 0 saturated carbocycles. The predicted molar refractivity (Wildman–Crippen MR) is 92.2 cm³/mol. The van der Waals surface area contributed by atoms with Crippen molar-refractivity contribution in [3.8, 4) is 5.75 Å². The zero-order valence-electron chi connectivity index (χ0n) is 13.3. The first-order valence-electron chi connectivity index (χ1n) is 7.06. The molecule has 21 heavy (non-hydrogen) atoms. The van der Waals surface area contributed by atoms with Gasteiger partial charge in [0.1, 0.15) is 5.75 Å². The van der Waals surface area contributed by atoms with Crippen molar-refractivity contribution in [1.29, 1.82) is 0 Å². The van der Waals surface area contributed by atoms with Crippen molar-refractivity contribution in [2.75, 3.05) is 14.2 Å². The van der Waals surface area contributed by atoms with Crippen LogP contribution in [0.3, 0.4) is 0 Å². The van der Waals surface area contributed by atoms with Gasteiger partial charge in [0.25, 0.3) is 0 Å². The molecule has 3 heteroatoms. The number of aryl methyl sites for hydroxylation is 3. The van der Waals surface area contributed by atoms with Crippen LogP contribution in [0.15, 0.2) is 34.8 Å². The van der Waals surface area contributed by atoms with E-state index in [1.54, 1.807) is 7.11 Å². The maximum absolute atomic E-state index is 5.62. The lowest BCUT2D eigenvalue weighted by molar-refractivity contribution is 0.404. The standard InChI is InChI=1S/C18H22BrNO/c1-11-8-13(3)17(16(9-11)21-5)18(20-4)14-6-7-15(19)12(2)10-14/h6-10,18,20H,1-5H3. The molecule has 0 radical (unpaired) electrons. The third kappa shape index (κ3) is 3.30. The number of methoxy groups -OCH3 is 1. The number of nitrogens with one attached hydrogen (secondary N) is 1. The Labute approximate surface area is 135 Å². The normalized spacial score (nSPS) is 12.3. The van der Waals surface area contributed by atoms with Gasteiger partial charge >= 0.3 is 0 Å². The molecule has 1 atom stereocenters. The van der Waals surface area contributed by atoms with Crippen LogP contribution in [-0.4, -0.2) is 14.2 Å². The molecular formula is C18H22BrNO. The van der Waals surface area contributed by atoms with Gasteiger partial charge in [0.15, 0.2) is 0 Å². The summed E-state index contributed by atoms with van der Waals surface area (Å²) in [6, 6.07) is 10.9. The molecule has 1 N–H and O–H groups in total. The number of ether oxygens (including phenoxy) is 1. The van der Waals surface area contributed by atoms with E-state index in [4.69, 9.17) is 4.74 Å². The topological polar surface area (TPSA) is 21.3 Å². The molecule has 112 valence electrons. The summed E-state index contributed by atoms with van der Waals surface area (Å²) in [6.45, 7) is 6.35. The molecule has 0 aromatic heterocycles. The summed E-state index contributed by atoms with van der Waals surface area (Å²) in [5.41, 5.74) is 6.13. The molecule has 2 aromatic carbocycles. The second kappa shape index (κ2) is 6.63. The molecule has 0 aliphatic carbocycles. The predicted octanol–water partition coefficient (Wildman–Crippen LogP) is 4.69. The summed E-state index contributed by atoms with van der Waals surface area (Å²) in [7, 11) is 3.72. The maximum atomic E-state index is 5.62. The monoisotopic (exact) mass is 347 g/mol. The first kappa shape index (κ1) is 16.1. The fraction of sp³-hybridized carbons (Fsp3) is 0.333. The van der Waals surface area contributed by atoms with Crippen LogP contribution in [0.5, 0.6) is 5.75 Å². The summed E-state index contributed by atoms with van der Waals surface area (Å²) in [5, 5.41) is 3.42. The van der Waals surface area contributed by atoms with E-state index >= 15 is 0 Å². The highest BCUT2D eigenvalue weighted by atomic mass is 79.9. The van der Waals surface area contributed by atoms with Gasteiger partial charge < -0.3 is 10.1 Å². The van der Waals surface area contributed by atoms with Gasteiger partial charge in [0, 0.05) is 10.0 Å². The van der Waals surface area contributed by atoms with Crippen LogP contribution in [0.25, 0.3) is 0 Å². The van der Waals surface area contributed by atoms with Gasteiger partial charge in [-0.05, 0) is 62.2 Å². The van der Waals surface area contributed by atoms with Crippen LogP contribution in [0.4, 0.5) is 0 Å². The Bertz CT molecular complexity index is 652. The average molecular weight is 348 g/mol. The van der Waals surface area contributed by atoms with Crippen molar-refractivity contribution in [2.45, 2.75) is 26.8 Å². The van der Waals surface area contributed by atoms with E-state index in [0.717, 1.165) is 10.2 Å². The highest BCUT2D eigenvalue weighted by Crippen LogP contribution is 2.34. The summed E-state index contributed by atoms with van der Waals surface area (Å²) < 4.78 is 6.75. The molecule has 1 unspecified atom stereocenters. The van der Waals surface area contributed by atoms with E-state index in [1.807, 2.05) is 7.05 Å². The van der Waals surface area contributed by atoms with Crippen LogP contribution >= 0.6 is 15.9 Å². The van der Waals surface area contributed by atoms with Crippen molar-refractivity contribution in [1.82, 2.24) is 5.32 Å². The minimum atomic E-state index is 0.118. The van der Waals surface area contributed by atoms with Gasteiger partial charge in [0.2, 0.25) is 0 Å². The Kier molecular flexibility index (Phi) is 5.07. The van der Waals surface area contributed by atoms with Gasteiger partial charge in [-0.1, -0.05) is 34.1 Å². The number of rotatable bonds is 4. The van der Waals surface area contributed by atoms with Crippen LogP contribution in [0.1, 0.15) is 33.9 Å². The maximum Gasteiger partial charge on any atom is 0.124 e. The summed E-state index contributed by atoms with van der Waals surface area (Å²) in [4.78, 5) is 0. The molecule has 0 bridgehead atoms. The van der Waals surface area contributed by atoms with E-state index in [0.29, 0.717) is 0 Å². The Balaban J connectivity index is 2.58. The van der Waals surface area contributed by atoms with Crippen molar-refractivity contribution in [3.63, 3.8) is 0 Å². The lowest BCUT2D eigenvalue weighted by atomic mass is 9.92. The summed E-state index contributed by atoms with van der Waals surface area (Å²) in [6.07, 6.45) is 0. The SMILES string of the molecule is CNC(c1ccc(Br)c(C)c1)c1c(C)cc(C)cc1OC. The van der Waals surface area contributed by atoms with Crippen LogP contribution in [0.2, 0.25) is 0 Å². The van der Waals surface area contributed by atoms with Gasteiger partial charge in [0.05, 0.1) is 13.2 Å². The molecule has 2 nitrogen and oxygen atoms in total. The van der Waals surface area contributed by atoms with E-state index in [9.17, 15) is 0 Å². The summed E-state index contributed by atoms with van der Waals surface area (Å²) >= 11 is 3.56. The highest BCUT2D eigenvalue weighted by molar-refractivity contribution is 9.10. The number of benzene rings is 2. The van der Waals surface area contributed by atoms with Crippen molar-refractivity contribution in [3.05, 3.63) is 62.6 Å². The Morgan fingerprint density at radius 1 is 1.05 bits per heavy atom. The van der Waals surface area contributed by atoms with Crippen molar-refractivity contribution in [2.24, 2.45) is 0 Å². The average Bonchev–Trinajstić information content (AvgIpc) is 2.45. The number of hydrogen-bond donors (Lipinski definition) is 1. The van der Waals surface area contributed by atoms with Gasteiger partial charge in [-0.15, -0.1) is 0 Å². The number of halogens is 1. The quantitative estimate of drug-likeness (QED) is 0.865. The Morgan fingerprint density at radius 3 is 2.33 bits per heavy atom. The minimum Gasteiger partial charge on any atom is -0.496 e. The largest absolute Gasteiger partial charge is 0.496 e. The molecule has 0 heterocycles. The molecule has 2 aromatic rings. The Morgan fingerprint density at radius 2 is 1.76 bits per heavy atom. The molecular weight excluding hydrogens is 326 g/mol. The third-order valence-electron chi connectivity index (χ3n) is 3.81. The second-order valence-corrected chi connectivity index (χ2v) is 6.28. The van der Waals surface area contributed by atoms with Gasteiger partial charge in [-0.3, -0.25) is 0 Å². The third-order valence-corrected chi connectivity index (χ3v) is 4.70. The first-order valence-corrected chi connectivity index (χ1v) is 7.85. The smallest absolute Gasteiger partial charge is 0.124 e. The van der Waals surface area contributed by atoms with E-state index < -0.39 is 0 Å². The number of hydrogen-bond acceptors (Lipinski definition) is 2. The van der Waals surface area contributed by atoms with Crippen LogP contribution < -0.4 is 10.1 Å². The summed E-state index contributed by atoms with van der Waals surface area (Å²) in [5.74, 6) is 0.937. The van der Waals surface area contributed by atoms with E-state index in [2.05, 4.69) is 72.3 Å². The highest BCUT2D eigenvalue weighted by Gasteiger charge is 2.19. The Hall–Kier alpha value is -1.32. The fourth-order valence-corrected chi connectivity index (χ4v) is 3.05. The van der Waals surface area contributed by atoms with Crippen LogP contribution in [0, 0.1) is 20.8 Å². The van der Waals surface area contributed by atoms with Gasteiger partial charge in [-0.25, -0.2) is 0 Å². The minimum absolute atomic E-state index is 0.118. The van der Waals surface area contributed by atoms with Crippen molar-refractivity contribution < 1.29 is 4.74 Å². The molecule has 0 aliphatic heterocycles. The van der Waals surface area contributed by atoms with Crippen molar-refractivity contribution >= 4 is 15.9 Å². The van der Waals surface area contributed by atoms with Crippen LogP contribution in [-0.2, 0) is 0 Å². The van der Waals surface area contributed by atoms with Gasteiger partial charge in [-0.2, -0.15) is 0 Å². The first-order chi connectivity index (χ1) is 9.97. The molecule has 0 fully saturated rings. The lowest BCUT2D eigenvalue weighted by Crippen LogP contribution is -2.20. The lowest BCUT2D eigenvalue weighted by Gasteiger charge is -2.23. The second-order valence-electron chi connectivity index (χ2n) is 5.43.